The molecule has 4 rings (SSSR count). The highest BCUT2D eigenvalue weighted by Gasteiger charge is 2.37. The lowest BCUT2D eigenvalue weighted by atomic mass is 9.94. The fraction of sp³-hybridized carbons (Fsp3) is 0.424. The molecule has 2 atom stereocenters. The second-order valence-corrected chi connectivity index (χ2v) is 13.5. The number of ether oxygens (including phenoxy) is 1. The first-order valence-electron chi connectivity index (χ1n) is 14.5. The molecule has 220 valence electrons. The van der Waals surface area contributed by atoms with E-state index in [2.05, 4.69) is 5.32 Å². The van der Waals surface area contributed by atoms with Crippen LogP contribution >= 0.6 is 0 Å². The summed E-state index contributed by atoms with van der Waals surface area (Å²) in [5.74, 6) is 1.15. The van der Waals surface area contributed by atoms with Crippen LogP contribution in [0.15, 0.2) is 83.8 Å². The summed E-state index contributed by atoms with van der Waals surface area (Å²) in [7, 11) is -3.63. The van der Waals surface area contributed by atoms with Crippen molar-refractivity contribution < 1.29 is 23.3 Å². The summed E-state index contributed by atoms with van der Waals surface area (Å²) >= 11 is 0. The number of hydrogen-bond acceptors (Lipinski definition) is 4. The average molecular weight is 579 g/mol. The number of quaternary nitrogens is 1. The minimum Gasteiger partial charge on any atom is -0.483 e. The molecule has 0 aliphatic carbocycles. The Bertz CT molecular complexity index is 1360. The Labute approximate surface area is 245 Å². The van der Waals surface area contributed by atoms with Gasteiger partial charge >= 0.3 is 0 Å². The second kappa shape index (κ2) is 14.1. The van der Waals surface area contributed by atoms with E-state index in [0.717, 1.165) is 35.5 Å². The number of carbonyl (C=O) groups is 1. The molecule has 0 bridgehead atoms. The largest absolute Gasteiger partial charge is 0.483 e. The summed E-state index contributed by atoms with van der Waals surface area (Å²) in [5.41, 5.74) is 3.06. The fourth-order valence-corrected chi connectivity index (χ4v) is 7.31. The van der Waals surface area contributed by atoms with Gasteiger partial charge in [-0.3, -0.25) is 4.79 Å². The molecule has 1 fully saturated rings. The van der Waals surface area contributed by atoms with Crippen molar-refractivity contribution >= 4 is 15.9 Å². The third-order valence-corrected chi connectivity index (χ3v) is 9.61. The van der Waals surface area contributed by atoms with Crippen molar-refractivity contribution in [3.8, 4) is 5.75 Å². The van der Waals surface area contributed by atoms with Crippen LogP contribution in [-0.2, 0) is 21.4 Å². The number of aryl methyl sites for hydroxylation is 2. The van der Waals surface area contributed by atoms with Gasteiger partial charge in [-0.25, -0.2) is 8.42 Å². The Hall–Kier alpha value is -3.20. The van der Waals surface area contributed by atoms with Crippen molar-refractivity contribution in [3.63, 3.8) is 0 Å². The standard InChI is InChI=1S/C33H43N3O4S/c1-25(2)20-36(41(38,39)31-16-9-6-10-17-31)23-30-19-34-18-29(30)22-35(21-28-14-7-5-8-15-28)32(37)24-40-33-26(3)12-11-13-27(33)4/h5-17,25,29-30,34H,18-24H2,1-4H3/p+1/t29?,30-/m0/s1. The van der Waals surface area contributed by atoms with Gasteiger partial charge in [0.05, 0.1) is 18.0 Å². The van der Waals surface area contributed by atoms with Gasteiger partial charge in [0.25, 0.3) is 5.91 Å². The number of nitrogens with two attached hydrogens (primary N) is 1. The van der Waals surface area contributed by atoms with Gasteiger partial charge in [-0.2, -0.15) is 4.31 Å². The van der Waals surface area contributed by atoms with E-state index in [1.165, 1.54) is 0 Å². The zero-order chi connectivity index (χ0) is 29.4. The van der Waals surface area contributed by atoms with E-state index in [4.69, 9.17) is 4.74 Å². The Morgan fingerprint density at radius 2 is 1.46 bits per heavy atom. The summed E-state index contributed by atoms with van der Waals surface area (Å²) in [6.07, 6.45) is 0. The molecule has 0 saturated carbocycles. The van der Waals surface area contributed by atoms with Gasteiger partial charge in [0, 0.05) is 38.0 Å². The molecule has 8 heteroatoms. The van der Waals surface area contributed by atoms with E-state index in [1.54, 1.807) is 28.6 Å². The summed E-state index contributed by atoms with van der Waals surface area (Å²) < 4.78 is 35.0. The van der Waals surface area contributed by atoms with Gasteiger partial charge in [-0.1, -0.05) is 80.6 Å². The molecule has 3 aromatic carbocycles. The van der Waals surface area contributed by atoms with E-state index >= 15 is 0 Å². The SMILES string of the molecule is Cc1cccc(C)c1OCC(=O)N(Cc1ccccc1)CC1C[NH2+]C[C@H]1CN(CC(C)C)S(=O)(=O)c1ccccc1. The van der Waals surface area contributed by atoms with Crippen LogP contribution in [0.3, 0.4) is 0 Å². The Morgan fingerprint density at radius 3 is 2.07 bits per heavy atom. The predicted octanol–water partition coefficient (Wildman–Crippen LogP) is 3.87. The summed E-state index contributed by atoms with van der Waals surface area (Å²) in [6, 6.07) is 24.6. The maximum Gasteiger partial charge on any atom is 0.260 e. The van der Waals surface area contributed by atoms with Crippen LogP contribution in [0.1, 0.15) is 30.5 Å². The predicted molar refractivity (Wildman–Crippen MR) is 162 cm³/mol. The molecule has 1 unspecified atom stereocenters. The maximum atomic E-state index is 13.6. The van der Waals surface area contributed by atoms with Crippen LogP contribution in [0.2, 0.25) is 0 Å². The number of benzene rings is 3. The molecule has 1 amide bonds. The zero-order valence-corrected chi connectivity index (χ0v) is 25.5. The number of para-hydroxylation sites is 1. The van der Waals surface area contributed by atoms with Crippen molar-refractivity contribution in [1.29, 1.82) is 0 Å². The van der Waals surface area contributed by atoms with Gasteiger partial charge < -0.3 is 15.0 Å². The maximum absolute atomic E-state index is 13.6. The van der Waals surface area contributed by atoms with Crippen LogP contribution < -0.4 is 10.1 Å². The highest BCUT2D eigenvalue weighted by Crippen LogP contribution is 2.25. The van der Waals surface area contributed by atoms with Crippen molar-refractivity contribution in [3.05, 3.63) is 95.6 Å². The zero-order valence-electron chi connectivity index (χ0n) is 24.7. The van der Waals surface area contributed by atoms with Gasteiger partial charge in [-0.15, -0.1) is 0 Å². The minimum absolute atomic E-state index is 0.0402. The van der Waals surface area contributed by atoms with Crippen LogP contribution in [0, 0.1) is 31.6 Å². The summed E-state index contributed by atoms with van der Waals surface area (Å²) in [5, 5.41) is 2.25. The van der Waals surface area contributed by atoms with Gasteiger partial charge in [-0.05, 0) is 48.6 Å². The molecule has 0 spiro atoms. The molecule has 1 heterocycles. The molecule has 3 aromatic rings. The van der Waals surface area contributed by atoms with Gasteiger partial charge in [0.15, 0.2) is 6.61 Å². The first kappa shape index (κ1) is 30.8. The monoisotopic (exact) mass is 578 g/mol. The molecular formula is C33H44N3O4S+. The molecule has 2 N–H and O–H groups in total. The van der Waals surface area contributed by atoms with Crippen molar-refractivity contribution in [2.75, 3.05) is 39.3 Å². The van der Waals surface area contributed by atoms with Crippen molar-refractivity contribution in [2.45, 2.75) is 39.1 Å². The lowest BCUT2D eigenvalue weighted by molar-refractivity contribution is -0.640. The second-order valence-electron chi connectivity index (χ2n) is 11.6. The third-order valence-electron chi connectivity index (χ3n) is 7.77. The van der Waals surface area contributed by atoms with Gasteiger partial charge in [0.1, 0.15) is 5.75 Å². The molecule has 41 heavy (non-hydrogen) atoms. The number of amides is 1. The minimum atomic E-state index is -3.63. The normalized spacial score (nSPS) is 17.2. The highest BCUT2D eigenvalue weighted by atomic mass is 32.2. The smallest absolute Gasteiger partial charge is 0.260 e. The molecular weight excluding hydrogens is 534 g/mol. The number of carbonyl (C=O) groups excluding carboxylic acids is 1. The van der Waals surface area contributed by atoms with E-state index < -0.39 is 10.0 Å². The van der Waals surface area contributed by atoms with Crippen LogP contribution in [-0.4, -0.2) is 62.9 Å². The quantitative estimate of drug-likeness (QED) is 0.334. The van der Waals surface area contributed by atoms with Crippen LogP contribution in [0.25, 0.3) is 0 Å². The summed E-state index contributed by atoms with van der Waals surface area (Å²) in [6.45, 7) is 11.6. The lowest BCUT2D eigenvalue weighted by Crippen LogP contribution is -2.82. The van der Waals surface area contributed by atoms with Crippen LogP contribution in [0.5, 0.6) is 5.75 Å². The fourth-order valence-electron chi connectivity index (χ4n) is 5.63. The first-order chi connectivity index (χ1) is 19.6. The number of sulfonamides is 1. The van der Waals surface area contributed by atoms with E-state index in [9.17, 15) is 13.2 Å². The number of nitrogens with zero attached hydrogens (tertiary/aromatic N) is 2. The molecule has 7 nitrogen and oxygen atoms in total. The van der Waals surface area contributed by atoms with Crippen LogP contribution in [0.4, 0.5) is 0 Å². The number of hydrogen-bond donors (Lipinski definition) is 1. The average Bonchev–Trinajstić information content (AvgIpc) is 3.39. The summed E-state index contributed by atoms with van der Waals surface area (Å²) in [4.78, 5) is 15.8. The van der Waals surface area contributed by atoms with Crippen molar-refractivity contribution in [1.82, 2.24) is 9.21 Å². The van der Waals surface area contributed by atoms with Crippen molar-refractivity contribution in [2.24, 2.45) is 17.8 Å². The van der Waals surface area contributed by atoms with E-state index in [0.29, 0.717) is 31.1 Å². The molecule has 1 aliphatic heterocycles. The molecule has 1 saturated heterocycles. The number of rotatable bonds is 13. The third kappa shape index (κ3) is 8.18. The Morgan fingerprint density at radius 1 is 0.878 bits per heavy atom. The lowest BCUT2D eigenvalue weighted by Gasteiger charge is -2.31. The Kier molecular flexibility index (Phi) is 10.6. The topological polar surface area (TPSA) is 83.5 Å². The van der Waals surface area contributed by atoms with E-state index in [-0.39, 0.29) is 30.3 Å². The highest BCUT2D eigenvalue weighted by molar-refractivity contribution is 7.89. The molecule has 0 aromatic heterocycles. The first-order valence-corrected chi connectivity index (χ1v) is 16.0. The van der Waals surface area contributed by atoms with Gasteiger partial charge in [0.2, 0.25) is 10.0 Å². The molecule has 0 radical (unpaired) electrons. The van der Waals surface area contributed by atoms with E-state index in [1.807, 2.05) is 87.2 Å². The Balaban J connectivity index is 1.52. The molecule has 1 aliphatic rings.